The second-order valence-corrected chi connectivity index (χ2v) is 6.21. The standard InChI is InChI=1S/C17H23ClN2O3/c1-12(21)20(14-5-3-4-6-14)10-9-17(22)19-13-7-8-16(23-2)15(18)11-13/h7-8,11,14H,3-6,9-10H2,1-2H3,(H,19,22). The van der Waals surface area contributed by atoms with Crippen molar-refractivity contribution in [2.75, 3.05) is 19.0 Å². The van der Waals surface area contributed by atoms with E-state index in [1.54, 1.807) is 32.2 Å². The van der Waals surface area contributed by atoms with E-state index in [1.807, 2.05) is 4.90 Å². The van der Waals surface area contributed by atoms with Crippen molar-refractivity contribution in [1.82, 2.24) is 4.90 Å². The lowest BCUT2D eigenvalue weighted by atomic mass is 10.2. The van der Waals surface area contributed by atoms with Crippen LogP contribution in [0.2, 0.25) is 5.02 Å². The number of halogens is 1. The number of hydrogen-bond acceptors (Lipinski definition) is 3. The van der Waals surface area contributed by atoms with E-state index in [9.17, 15) is 9.59 Å². The number of nitrogens with one attached hydrogen (secondary N) is 1. The molecule has 1 aromatic carbocycles. The Morgan fingerprint density at radius 3 is 2.61 bits per heavy atom. The van der Waals surface area contributed by atoms with Crippen molar-refractivity contribution in [3.63, 3.8) is 0 Å². The maximum atomic E-state index is 12.1. The molecule has 0 unspecified atom stereocenters. The molecule has 23 heavy (non-hydrogen) atoms. The molecule has 2 rings (SSSR count). The number of amides is 2. The fourth-order valence-corrected chi connectivity index (χ4v) is 3.26. The summed E-state index contributed by atoms with van der Waals surface area (Å²) in [4.78, 5) is 25.7. The molecule has 0 spiro atoms. The summed E-state index contributed by atoms with van der Waals surface area (Å²) in [5.41, 5.74) is 0.621. The number of benzene rings is 1. The van der Waals surface area contributed by atoms with Crippen molar-refractivity contribution in [3.8, 4) is 5.75 Å². The van der Waals surface area contributed by atoms with Crippen molar-refractivity contribution in [3.05, 3.63) is 23.2 Å². The molecule has 0 atom stereocenters. The van der Waals surface area contributed by atoms with Crippen molar-refractivity contribution in [2.45, 2.75) is 45.1 Å². The van der Waals surface area contributed by atoms with Gasteiger partial charge >= 0.3 is 0 Å². The highest BCUT2D eigenvalue weighted by Crippen LogP contribution is 2.27. The molecule has 1 aliphatic carbocycles. The molecule has 1 aromatic rings. The second-order valence-electron chi connectivity index (χ2n) is 5.80. The van der Waals surface area contributed by atoms with Crippen LogP contribution >= 0.6 is 11.6 Å². The van der Waals surface area contributed by atoms with Gasteiger partial charge in [-0.1, -0.05) is 24.4 Å². The molecule has 1 N–H and O–H groups in total. The molecule has 1 saturated carbocycles. The molecule has 1 fully saturated rings. The van der Waals surface area contributed by atoms with Gasteiger partial charge < -0.3 is 15.0 Å². The van der Waals surface area contributed by atoms with E-state index in [0.717, 1.165) is 25.7 Å². The van der Waals surface area contributed by atoms with Crippen LogP contribution in [0.1, 0.15) is 39.0 Å². The zero-order valence-electron chi connectivity index (χ0n) is 13.6. The number of nitrogens with zero attached hydrogens (tertiary/aromatic N) is 1. The van der Waals surface area contributed by atoms with Crippen molar-refractivity contribution in [2.24, 2.45) is 0 Å². The SMILES string of the molecule is COc1ccc(NC(=O)CCN(C(C)=O)C2CCCC2)cc1Cl. The Kier molecular flexibility index (Phi) is 6.28. The number of carbonyl (C=O) groups is 2. The smallest absolute Gasteiger partial charge is 0.226 e. The average Bonchev–Trinajstić information content (AvgIpc) is 3.01. The van der Waals surface area contributed by atoms with Gasteiger partial charge in [0.2, 0.25) is 11.8 Å². The largest absolute Gasteiger partial charge is 0.495 e. The Hall–Kier alpha value is -1.75. The van der Waals surface area contributed by atoms with Gasteiger partial charge in [0.05, 0.1) is 12.1 Å². The molecule has 2 amide bonds. The quantitative estimate of drug-likeness (QED) is 0.864. The van der Waals surface area contributed by atoms with Gasteiger partial charge in [-0.3, -0.25) is 9.59 Å². The summed E-state index contributed by atoms with van der Waals surface area (Å²) < 4.78 is 5.08. The first-order valence-corrected chi connectivity index (χ1v) is 8.29. The molecule has 6 heteroatoms. The first-order chi connectivity index (χ1) is 11.0. The number of methoxy groups -OCH3 is 1. The van der Waals surface area contributed by atoms with Gasteiger partial charge in [-0.2, -0.15) is 0 Å². The Labute approximate surface area is 141 Å². The van der Waals surface area contributed by atoms with Crippen LogP contribution < -0.4 is 10.1 Å². The van der Waals surface area contributed by atoms with Crippen LogP contribution in [-0.4, -0.2) is 36.4 Å². The molecule has 0 bridgehead atoms. The molecule has 0 saturated heterocycles. The lowest BCUT2D eigenvalue weighted by Crippen LogP contribution is -2.39. The molecule has 1 aliphatic rings. The molecule has 126 valence electrons. The molecular weight excluding hydrogens is 316 g/mol. The maximum absolute atomic E-state index is 12.1. The van der Waals surface area contributed by atoms with E-state index >= 15 is 0 Å². The number of hydrogen-bond donors (Lipinski definition) is 1. The van der Waals surface area contributed by atoms with Gasteiger partial charge in [0.1, 0.15) is 5.75 Å². The van der Waals surface area contributed by atoms with Gasteiger partial charge in [0.25, 0.3) is 0 Å². The van der Waals surface area contributed by atoms with Gasteiger partial charge in [-0.15, -0.1) is 0 Å². The summed E-state index contributed by atoms with van der Waals surface area (Å²) in [6.07, 6.45) is 4.67. The minimum absolute atomic E-state index is 0.0391. The highest BCUT2D eigenvalue weighted by molar-refractivity contribution is 6.32. The second kappa shape index (κ2) is 8.20. The molecule has 0 aliphatic heterocycles. The summed E-state index contributed by atoms with van der Waals surface area (Å²) in [5.74, 6) is 0.473. The van der Waals surface area contributed by atoms with Crippen LogP contribution in [0.4, 0.5) is 5.69 Å². The maximum Gasteiger partial charge on any atom is 0.226 e. The van der Waals surface area contributed by atoms with E-state index in [-0.39, 0.29) is 24.3 Å². The van der Waals surface area contributed by atoms with Gasteiger partial charge in [0.15, 0.2) is 0 Å². The topological polar surface area (TPSA) is 58.6 Å². The molecule has 0 heterocycles. The van der Waals surface area contributed by atoms with E-state index in [2.05, 4.69) is 5.32 Å². The number of rotatable bonds is 6. The van der Waals surface area contributed by atoms with Gasteiger partial charge in [0, 0.05) is 31.6 Å². The van der Waals surface area contributed by atoms with Gasteiger partial charge in [-0.05, 0) is 31.0 Å². The van der Waals surface area contributed by atoms with Crippen LogP contribution in [0.3, 0.4) is 0 Å². The fourth-order valence-electron chi connectivity index (χ4n) is 3.00. The van der Waals surface area contributed by atoms with E-state index in [4.69, 9.17) is 16.3 Å². The number of anilines is 1. The van der Waals surface area contributed by atoms with Crippen LogP contribution in [0, 0.1) is 0 Å². The summed E-state index contributed by atoms with van der Waals surface area (Å²) in [6.45, 7) is 2.02. The molecule has 0 aromatic heterocycles. The summed E-state index contributed by atoms with van der Waals surface area (Å²) in [5, 5.41) is 3.25. The first kappa shape index (κ1) is 17.6. The highest BCUT2D eigenvalue weighted by Gasteiger charge is 2.24. The third-order valence-corrected chi connectivity index (χ3v) is 4.48. The van der Waals surface area contributed by atoms with Crippen molar-refractivity contribution >= 4 is 29.1 Å². The van der Waals surface area contributed by atoms with Crippen molar-refractivity contribution in [1.29, 1.82) is 0 Å². The minimum atomic E-state index is -0.129. The predicted molar refractivity (Wildman–Crippen MR) is 90.9 cm³/mol. The van der Waals surface area contributed by atoms with E-state index in [0.29, 0.717) is 23.0 Å². The van der Waals surface area contributed by atoms with E-state index < -0.39 is 0 Å². The monoisotopic (exact) mass is 338 g/mol. The van der Waals surface area contributed by atoms with Crippen LogP contribution in [0.15, 0.2) is 18.2 Å². The highest BCUT2D eigenvalue weighted by atomic mass is 35.5. The summed E-state index contributed by atoms with van der Waals surface area (Å²) in [7, 11) is 1.54. The Morgan fingerprint density at radius 2 is 2.04 bits per heavy atom. The molecular formula is C17H23ClN2O3. The van der Waals surface area contributed by atoms with Gasteiger partial charge in [-0.25, -0.2) is 0 Å². The summed E-state index contributed by atoms with van der Waals surface area (Å²) >= 11 is 6.04. The third-order valence-electron chi connectivity index (χ3n) is 4.19. The lowest BCUT2D eigenvalue weighted by molar-refractivity contribution is -0.131. The van der Waals surface area contributed by atoms with Crippen LogP contribution in [-0.2, 0) is 9.59 Å². The number of ether oxygens (including phenoxy) is 1. The van der Waals surface area contributed by atoms with Crippen LogP contribution in [0.5, 0.6) is 5.75 Å². The van der Waals surface area contributed by atoms with Crippen molar-refractivity contribution < 1.29 is 14.3 Å². The molecule has 0 radical (unpaired) electrons. The van der Waals surface area contributed by atoms with Crippen LogP contribution in [0.25, 0.3) is 0 Å². The average molecular weight is 339 g/mol. The predicted octanol–water partition coefficient (Wildman–Crippen LogP) is 3.47. The normalized spacial score (nSPS) is 14.6. The Balaban J connectivity index is 1.88. The fraction of sp³-hybridized carbons (Fsp3) is 0.529. The minimum Gasteiger partial charge on any atom is -0.495 e. The third kappa shape index (κ3) is 4.86. The molecule has 5 nitrogen and oxygen atoms in total. The first-order valence-electron chi connectivity index (χ1n) is 7.92. The summed E-state index contributed by atoms with van der Waals surface area (Å²) in [6, 6.07) is 5.38. The van der Waals surface area contributed by atoms with E-state index in [1.165, 1.54) is 0 Å². The Bertz CT molecular complexity index is 571. The lowest BCUT2D eigenvalue weighted by Gasteiger charge is -2.27. The zero-order chi connectivity index (χ0) is 16.8. The number of carbonyl (C=O) groups excluding carboxylic acids is 2. The zero-order valence-corrected chi connectivity index (χ0v) is 14.4. The Morgan fingerprint density at radius 1 is 1.35 bits per heavy atom.